The first-order valence-corrected chi connectivity index (χ1v) is 9.97. The van der Waals surface area contributed by atoms with Crippen LogP contribution in [0.3, 0.4) is 0 Å². The van der Waals surface area contributed by atoms with E-state index in [4.69, 9.17) is 16.3 Å². The molecule has 0 atom stereocenters. The molecule has 0 radical (unpaired) electrons. The Morgan fingerprint density at radius 2 is 1.80 bits per heavy atom. The highest BCUT2D eigenvalue weighted by Crippen LogP contribution is 2.29. The molecule has 30 heavy (non-hydrogen) atoms. The fourth-order valence-corrected chi connectivity index (χ4v) is 3.62. The molecule has 2 aromatic rings. The Labute approximate surface area is 178 Å². The van der Waals surface area contributed by atoms with Crippen molar-refractivity contribution in [3.05, 3.63) is 60.2 Å². The van der Waals surface area contributed by atoms with Crippen LogP contribution in [-0.2, 0) is 14.1 Å². The maximum absolute atomic E-state index is 12.1. The molecule has 0 saturated carbocycles. The summed E-state index contributed by atoms with van der Waals surface area (Å²) in [5, 5.41) is 11.4. The first-order chi connectivity index (χ1) is 14.3. The molecular weight excluding hydrogens is 414 g/mol. The molecule has 1 saturated heterocycles. The van der Waals surface area contributed by atoms with Crippen LogP contribution in [0.25, 0.3) is 0 Å². The van der Waals surface area contributed by atoms with Gasteiger partial charge in [-0.1, -0.05) is 11.6 Å². The van der Waals surface area contributed by atoms with Crippen molar-refractivity contribution < 1.29 is 9.66 Å². The van der Waals surface area contributed by atoms with E-state index in [1.54, 1.807) is 13.1 Å². The quantitative estimate of drug-likeness (QED) is 0.364. The van der Waals surface area contributed by atoms with Crippen molar-refractivity contribution in [2.24, 2.45) is 14.1 Å². The highest BCUT2D eigenvalue weighted by molar-refractivity contribution is 6.30. The molecule has 0 spiro atoms. The zero-order valence-corrected chi connectivity index (χ0v) is 17.7. The van der Waals surface area contributed by atoms with Crippen molar-refractivity contribution in [1.82, 2.24) is 14.0 Å². The molecule has 10 nitrogen and oxygen atoms in total. The lowest BCUT2D eigenvalue weighted by atomic mass is 10.2. The molecule has 1 aromatic heterocycles. The van der Waals surface area contributed by atoms with Crippen LogP contribution in [0.1, 0.15) is 6.42 Å². The second kappa shape index (κ2) is 9.31. The van der Waals surface area contributed by atoms with E-state index >= 15 is 0 Å². The number of ether oxygens (including phenoxy) is 1. The second-order valence-electron chi connectivity index (χ2n) is 7.14. The highest BCUT2D eigenvalue weighted by atomic mass is 35.5. The molecule has 0 amide bonds. The number of rotatable bonds is 7. The summed E-state index contributed by atoms with van der Waals surface area (Å²) in [7, 11) is 3.13. The van der Waals surface area contributed by atoms with Gasteiger partial charge in [-0.3, -0.25) is 28.9 Å². The van der Waals surface area contributed by atoms with Crippen LogP contribution < -0.4 is 20.9 Å². The Morgan fingerprint density at radius 1 is 1.10 bits per heavy atom. The molecule has 1 fully saturated rings. The number of anilines is 1. The molecule has 3 rings (SSSR count). The Kier molecular flexibility index (Phi) is 6.78. The van der Waals surface area contributed by atoms with Crippen molar-refractivity contribution in [2.75, 3.05) is 44.2 Å². The Hall–Kier alpha value is -2.85. The van der Waals surface area contributed by atoms with Gasteiger partial charge in [0.25, 0.3) is 5.56 Å². The van der Waals surface area contributed by atoms with Crippen LogP contribution >= 0.6 is 11.6 Å². The lowest BCUT2D eigenvalue weighted by molar-refractivity contribution is -0.385. The lowest BCUT2D eigenvalue weighted by Crippen LogP contribution is -2.49. The van der Waals surface area contributed by atoms with Gasteiger partial charge in [-0.15, -0.1) is 0 Å². The second-order valence-corrected chi connectivity index (χ2v) is 7.58. The first kappa shape index (κ1) is 21.8. The van der Waals surface area contributed by atoms with E-state index < -0.39 is 4.92 Å². The summed E-state index contributed by atoms with van der Waals surface area (Å²) in [6.07, 6.45) is 0.712. The number of nitro groups is 1. The zero-order valence-electron chi connectivity index (χ0n) is 16.9. The van der Waals surface area contributed by atoms with E-state index in [9.17, 15) is 19.7 Å². The van der Waals surface area contributed by atoms with Crippen molar-refractivity contribution in [3.8, 4) is 5.75 Å². The van der Waals surface area contributed by atoms with E-state index in [0.29, 0.717) is 37.0 Å². The molecule has 162 valence electrons. The third kappa shape index (κ3) is 4.82. The van der Waals surface area contributed by atoms with Crippen molar-refractivity contribution in [3.63, 3.8) is 0 Å². The molecule has 0 aliphatic carbocycles. The average Bonchev–Trinajstić information content (AvgIpc) is 2.73. The van der Waals surface area contributed by atoms with Crippen molar-refractivity contribution in [2.45, 2.75) is 6.42 Å². The molecular formula is C19H24ClN5O5. The molecule has 1 aliphatic rings. The van der Waals surface area contributed by atoms with E-state index in [0.717, 1.165) is 24.2 Å². The van der Waals surface area contributed by atoms with Crippen molar-refractivity contribution in [1.29, 1.82) is 0 Å². The summed E-state index contributed by atoms with van der Waals surface area (Å²) >= 11 is 5.81. The fourth-order valence-electron chi connectivity index (χ4n) is 3.45. The van der Waals surface area contributed by atoms with E-state index in [1.807, 2.05) is 4.90 Å². The van der Waals surface area contributed by atoms with Gasteiger partial charge >= 0.3 is 11.4 Å². The monoisotopic (exact) mass is 437 g/mol. The predicted octanol–water partition coefficient (Wildman–Crippen LogP) is 1.24. The summed E-state index contributed by atoms with van der Waals surface area (Å²) in [4.78, 5) is 38.9. The lowest BCUT2D eigenvalue weighted by Gasteiger charge is -2.36. The van der Waals surface area contributed by atoms with Crippen LogP contribution in [0.5, 0.6) is 5.75 Å². The average molecular weight is 438 g/mol. The number of nitrogens with zero attached hydrogens (tertiary/aromatic N) is 5. The van der Waals surface area contributed by atoms with Gasteiger partial charge in [0.05, 0.1) is 11.5 Å². The molecule has 2 heterocycles. The number of piperazine rings is 1. The molecule has 0 bridgehead atoms. The zero-order chi connectivity index (χ0) is 21.8. The SMILES string of the molecule is Cn1c(N2CCN(CCCOc3ccc(Cl)cc3[N+](=O)[O-])CC2)cc(=O)n(C)c1=O. The van der Waals surface area contributed by atoms with Gasteiger partial charge in [0.1, 0.15) is 5.82 Å². The van der Waals surface area contributed by atoms with Gasteiger partial charge in [-0.25, -0.2) is 4.79 Å². The third-order valence-electron chi connectivity index (χ3n) is 5.19. The minimum Gasteiger partial charge on any atom is -0.487 e. The number of nitro benzene ring substituents is 1. The van der Waals surface area contributed by atoms with Gasteiger partial charge < -0.3 is 9.64 Å². The van der Waals surface area contributed by atoms with Crippen LogP contribution in [0, 0.1) is 10.1 Å². The molecule has 0 N–H and O–H groups in total. The number of aromatic nitrogens is 2. The normalized spacial score (nSPS) is 14.7. The predicted molar refractivity (Wildman–Crippen MR) is 114 cm³/mol. The summed E-state index contributed by atoms with van der Waals surface area (Å²) in [5.74, 6) is 0.835. The summed E-state index contributed by atoms with van der Waals surface area (Å²) in [5.41, 5.74) is -0.798. The minimum absolute atomic E-state index is 0.143. The Morgan fingerprint density at radius 3 is 2.47 bits per heavy atom. The van der Waals surface area contributed by atoms with E-state index in [1.165, 1.54) is 29.8 Å². The number of benzene rings is 1. The van der Waals surface area contributed by atoms with Gasteiger partial charge in [0.2, 0.25) is 0 Å². The van der Waals surface area contributed by atoms with Crippen LogP contribution in [0.4, 0.5) is 11.5 Å². The molecule has 11 heteroatoms. The number of halogens is 1. The summed E-state index contributed by atoms with van der Waals surface area (Å²) < 4.78 is 8.15. The minimum atomic E-state index is -0.509. The topological polar surface area (TPSA) is 103 Å². The first-order valence-electron chi connectivity index (χ1n) is 9.59. The highest BCUT2D eigenvalue weighted by Gasteiger charge is 2.20. The smallest absolute Gasteiger partial charge is 0.332 e. The standard InChI is InChI=1S/C19H24ClN5O5/c1-21-17(13-18(26)22(2)19(21)27)24-9-7-23(8-10-24)6-3-11-30-16-5-4-14(20)12-15(16)25(28)29/h4-5,12-13H,3,6-11H2,1-2H3. The van der Waals surface area contributed by atoms with Gasteiger partial charge in [0.15, 0.2) is 5.75 Å². The third-order valence-corrected chi connectivity index (χ3v) is 5.43. The maximum atomic E-state index is 12.1. The van der Waals surface area contributed by atoms with E-state index in [2.05, 4.69) is 4.90 Å². The largest absolute Gasteiger partial charge is 0.487 e. The Bertz CT molecular complexity index is 1040. The molecule has 0 unspecified atom stereocenters. The van der Waals surface area contributed by atoms with E-state index in [-0.39, 0.29) is 22.7 Å². The van der Waals surface area contributed by atoms with Crippen molar-refractivity contribution >= 4 is 23.1 Å². The van der Waals surface area contributed by atoms with Crippen LogP contribution in [0.15, 0.2) is 33.9 Å². The van der Waals surface area contributed by atoms with Gasteiger partial charge in [-0.05, 0) is 18.6 Å². The van der Waals surface area contributed by atoms with Gasteiger partial charge in [-0.2, -0.15) is 0 Å². The fraction of sp³-hybridized carbons (Fsp3) is 0.474. The van der Waals surface area contributed by atoms with Gasteiger partial charge in [0, 0.05) is 64.0 Å². The van der Waals surface area contributed by atoms with Crippen LogP contribution in [0.2, 0.25) is 5.02 Å². The Balaban J connectivity index is 1.49. The summed E-state index contributed by atoms with van der Waals surface area (Å²) in [6, 6.07) is 5.84. The maximum Gasteiger partial charge on any atom is 0.332 e. The summed E-state index contributed by atoms with van der Waals surface area (Å²) in [6.45, 7) is 4.10. The number of hydrogen-bond acceptors (Lipinski definition) is 7. The molecule has 1 aromatic carbocycles. The molecule has 1 aliphatic heterocycles. The van der Waals surface area contributed by atoms with Crippen LogP contribution in [-0.4, -0.2) is 58.3 Å². The number of hydrogen-bond donors (Lipinski definition) is 0.